The number of thiazole rings is 1. The van der Waals surface area contributed by atoms with E-state index in [4.69, 9.17) is 14.2 Å². The van der Waals surface area contributed by atoms with Crippen LogP contribution < -0.4 is 14.8 Å². The first kappa shape index (κ1) is 19.1. The molecule has 0 spiro atoms. The number of fused-ring (bicyclic) bond motifs is 1. The van der Waals surface area contributed by atoms with Crippen LogP contribution >= 0.6 is 23.1 Å². The quantitative estimate of drug-likeness (QED) is 0.433. The summed E-state index contributed by atoms with van der Waals surface area (Å²) in [7, 11) is 0. The molecule has 0 radical (unpaired) electrons. The smallest absolute Gasteiger partial charge is 0.357 e. The molecule has 150 valence electrons. The van der Waals surface area contributed by atoms with E-state index in [1.165, 1.54) is 10.1 Å². The van der Waals surface area contributed by atoms with Crippen molar-refractivity contribution in [3.8, 4) is 17.2 Å². The van der Waals surface area contributed by atoms with Gasteiger partial charge in [0.05, 0.1) is 18.0 Å². The van der Waals surface area contributed by atoms with Gasteiger partial charge in [0.25, 0.3) is 0 Å². The number of hydrogen-bond acceptors (Lipinski definition) is 11. The second kappa shape index (κ2) is 8.45. The van der Waals surface area contributed by atoms with Gasteiger partial charge in [0.15, 0.2) is 22.3 Å². The summed E-state index contributed by atoms with van der Waals surface area (Å²) in [5, 5.41) is 16.5. The van der Waals surface area contributed by atoms with Gasteiger partial charge >= 0.3 is 5.97 Å². The summed E-state index contributed by atoms with van der Waals surface area (Å²) in [5.41, 5.74) is 0.840. The first-order valence-electron chi connectivity index (χ1n) is 8.37. The summed E-state index contributed by atoms with van der Waals surface area (Å²) in [6.45, 7) is 2.14. The van der Waals surface area contributed by atoms with Crippen molar-refractivity contribution in [2.24, 2.45) is 0 Å². The average molecular weight is 434 g/mol. The molecule has 1 aliphatic heterocycles. The van der Waals surface area contributed by atoms with Crippen LogP contribution in [0.1, 0.15) is 17.4 Å². The second-order valence-electron chi connectivity index (χ2n) is 5.51. The highest BCUT2D eigenvalue weighted by atomic mass is 32.2. The first-order valence-corrected chi connectivity index (χ1v) is 10.2. The third kappa shape index (κ3) is 4.30. The monoisotopic (exact) mass is 434 g/mol. The molecule has 11 nitrogen and oxygen atoms in total. The molecule has 0 saturated heterocycles. The van der Waals surface area contributed by atoms with Crippen molar-refractivity contribution >= 4 is 40.1 Å². The van der Waals surface area contributed by atoms with Crippen LogP contribution in [-0.4, -0.2) is 56.2 Å². The minimum atomic E-state index is -0.526. The lowest BCUT2D eigenvalue weighted by Crippen LogP contribution is -2.15. The Hall–Kier alpha value is -3.19. The third-order valence-electron chi connectivity index (χ3n) is 3.61. The van der Waals surface area contributed by atoms with Crippen molar-refractivity contribution < 1.29 is 23.8 Å². The Morgan fingerprint density at radius 1 is 1.34 bits per heavy atom. The lowest BCUT2D eigenvalue weighted by molar-refractivity contribution is -0.113. The van der Waals surface area contributed by atoms with E-state index in [9.17, 15) is 9.59 Å². The molecule has 0 unspecified atom stereocenters. The topological polar surface area (TPSA) is 130 Å². The third-order valence-corrected chi connectivity index (χ3v) is 5.29. The number of rotatable bonds is 7. The predicted octanol–water partition coefficient (Wildman–Crippen LogP) is 1.75. The van der Waals surface area contributed by atoms with Crippen molar-refractivity contribution in [2.75, 3.05) is 24.5 Å². The van der Waals surface area contributed by atoms with Crippen molar-refractivity contribution in [3.05, 3.63) is 29.3 Å². The van der Waals surface area contributed by atoms with Crippen LogP contribution in [0.3, 0.4) is 0 Å². The van der Waals surface area contributed by atoms with E-state index >= 15 is 0 Å². The number of nitrogens with one attached hydrogen (secondary N) is 1. The van der Waals surface area contributed by atoms with E-state index in [-0.39, 0.29) is 30.8 Å². The predicted molar refractivity (Wildman–Crippen MR) is 103 cm³/mol. The molecule has 29 heavy (non-hydrogen) atoms. The minimum absolute atomic E-state index is 0.0548. The highest BCUT2D eigenvalue weighted by Gasteiger charge is 2.18. The van der Waals surface area contributed by atoms with Crippen LogP contribution in [-0.2, 0) is 9.53 Å². The van der Waals surface area contributed by atoms with Crippen LogP contribution in [0.4, 0.5) is 5.13 Å². The van der Waals surface area contributed by atoms with Crippen LogP contribution in [0.2, 0.25) is 0 Å². The van der Waals surface area contributed by atoms with Crippen LogP contribution in [0.15, 0.2) is 28.7 Å². The van der Waals surface area contributed by atoms with Gasteiger partial charge in [-0.2, -0.15) is 4.68 Å². The standard InChI is InChI=1S/C16H14N6O5S2/c1-2-25-14(24)10-6-28-15(17-10)18-13(23)7-29-16-19-20-21-22(16)9-3-4-11-12(5-9)27-8-26-11/h3-6H,2,7-8H2,1H3,(H,17,18,23). The van der Waals surface area contributed by atoms with Crippen molar-refractivity contribution in [1.29, 1.82) is 0 Å². The molecule has 0 saturated carbocycles. The van der Waals surface area contributed by atoms with E-state index in [2.05, 4.69) is 25.8 Å². The lowest BCUT2D eigenvalue weighted by Gasteiger charge is -2.05. The Balaban J connectivity index is 1.37. The zero-order chi connectivity index (χ0) is 20.2. The number of benzene rings is 1. The van der Waals surface area contributed by atoms with Gasteiger partial charge in [0.1, 0.15) is 0 Å². The number of amides is 1. The summed E-state index contributed by atoms with van der Waals surface area (Å²) >= 11 is 2.30. The molecule has 1 aromatic carbocycles. The van der Waals surface area contributed by atoms with E-state index in [1.54, 1.807) is 25.1 Å². The second-order valence-corrected chi connectivity index (χ2v) is 7.31. The molecule has 0 fully saturated rings. The Bertz CT molecular complexity index is 1050. The molecule has 2 aromatic heterocycles. The zero-order valence-corrected chi connectivity index (χ0v) is 16.7. The van der Waals surface area contributed by atoms with Gasteiger partial charge in [-0.1, -0.05) is 11.8 Å². The van der Waals surface area contributed by atoms with Gasteiger partial charge in [-0.05, 0) is 29.5 Å². The van der Waals surface area contributed by atoms with Gasteiger partial charge in [0, 0.05) is 11.4 Å². The van der Waals surface area contributed by atoms with Crippen LogP contribution in [0, 0.1) is 0 Å². The average Bonchev–Trinajstić information content (AvgIpc) is 3.46. The summed E-state index contributed by atoms with van der Waals surface area (Å²) in [6.07, 6.45) is 0. The minimum Gasteiger partial charge on any atom is -0.461 e. The van der Waals surface area contributed by atoms with Crippen LogP contribution in [0.25, 0.3) is 5.69 Å². The fourth-order valence-corrected chi connectivity index (χ4v) is 3.75. The molecule has 13 heteroatoms. The van der Waals surface area contributed by atoms with E-state index < -0.39 is 5.97 Å². The van der Waals surface area contributed by atoms with Crippen molar-refractivity contribution in [3.63, 3.8) is 0 Å². The van der Waals surface area contributed by atoms with E-state index in [0.29, 0.717) is 27.5 Å². The number of nitrogens with zero attached hydrogens (tertiary/aromatic N) is 5. The molecule has 3 aromatic rings. The molecular weight excluding hydrogens is 420 g/mol. The molecule has 0 atom stereocenters. The normalized spacial score (nSPS) is 12.0. The van der Waals surface area contributed by atoms with Gasteiger partial charge in [-0.15, -0.1) is 16.4 Å². The van der Waals surface area contributed by atoms with E-state index in [0.717, 1.165) is 23.1 Å². The molecule has 1 aliphatic rings. The summed E-state index contributed by atoms with van der Waals surface area (Å²) in [4.78, 5) is 27.9. The Labute approximate surface area is 172 Å². The Kier molecular flexibility index (Phi) is 5.57. The molecule has 1 N–H and O–H groups in total. The van der Waals surface area contributed by atoms with E-state index in [1.807, 2.05) is 0 Å². The SMILES string of the molecule is CCOC(=O)c1csc(NC(=O)CSc2nnnn2-c2ccc3c(c2)OCO3)n1. The number of tetrazole rings is 1. The zero-order valence-electron chi connectivity index (χ0n) is 15.0. The fourth-order valence-electron chi connectivity index (χ4n) is 2.36. The number of thioether (sulfide) groups is 1. The molecular formula is C16H14N6O5S2. The molecule has 0 aliphatic carbocycles. The Morgan fingerprint density at radius 2 is 2.21 bits per heavy atom. The van der Waals surface area contributed by atoms with Gasteiger partial charge in [-0.25, -0.2) is 9.78 Å². The number of hydrogen-bond donors (Lipinski definition) is 1. The largest absolute Gasteiger partial charge is 0.461 e. The lowest BCUT2D eigenvalue weighted by atomic mass is 10.3. The molecule has 4 rings (SSSR count). The highest BCUT2D eigenvalue weighted by molar-refractivity contribution is 7.99. The molecule has 1 amide bonds. The van der Waals surface area contributed by atoms with Crippen LogP contribution in [0.5, 0.6) is 11.5 Å². The molecule has 0 bridgehead atoms. The number of carbonyl (C=O) groups excluding carboxylic acids is 2. The summed E-state index contributed by atoms with van der Waals surface area (Å²) < 4.78 is 17.0. The van der Waals surface area contributed by atoms with Crippen molar-refractivity contribution in [1.82, 2.24) is 25.2 Å². The Morgan fingerprint density at radius 3 is 3.07 bits per heavy atom. The maximum atomic E-state index is 12.2. The van der Waals surface area contributed by atoms with Gasteiger partial charge < -0.3 is 19.5 Å². The number of aromatic nitrogens is 5. The number of ether oxygens (including phenoxy) is 3. The molecule has 3 heterocycles. The number of carbonyl (C=O) groups is 2. The number of esters is 1. The fraction of sp³-hybridized carbons (Fsp3) is 0.250. The summed E-state index contributed by atoms with van der Waals surface area (Å²) in [6, 6.07) is 5.32. The van der Waals surface area contributed by atoms with Gasteiger partial charge in [-0.3, -0.25) is 4.79 Å². The number of anilines is 1. The first-order chi connectivity index (χ1) is 14.1. The highest BCUT2D eigenvalue weighted by Crippen LogP contribution is 2.34. The maximum absolute atomic E-state index is 12.2. The van der Waals surface area contributed by atoms with Crippen molar-refractivity contribution in [2.45, 2.75) is 12.1 Å². The maximum Gasteiger partial charge on any atom is 0.357 e. The van der Waals surface area contributed by atoms with Gasteiger partial charge in [0.2, 0.25) is 17.9 Å². The summed E-state index contributed by atoms with van der Waals surface area (Å²) in [5.74, 6) is 0.481.